The average Bonchev–Trinajstić information content (AvgIpc) is 3.14. The molecule has 2 heterocycles. The molecule has 0 aliphatic carbocycles. The van der Waals surface area contributed by atoms with E-state index in [0.717, 1.165) is 29.7 Å². The molecular weight excluding hydrogens is 282 g/mol. The van der Waals surface area contributed by atoms with Gasteiger partial charge in [-0.05, 0) is 38.1 Å². The Bertz CT molecular complexity index is 741. The molecular formula is C15H19N5S. The highest BCUT2D eigenvalue weighted by Gasteiger charge is 2.19. The smallest absolute Gasteiger partial charge is 0.103 e. The van der Waals surface area contributed by atoms with Crippen molar-refractivity contribution in [3.05, 3.63) is 35.1 Å². The van der Waals surface area contributed by atoms with E-state index in [1.807, 2.05) is 23.3 Å². The monoisotopic (exact) mass is 301 g/mol. The van der Waals surface area contributed by atoms with Crippen LogP contribution in [0.2, 0.25) is 0 Å². The number of benzene rings is 1. The molecule has 0 amide bonds. The third-order valence-corrected chi connectivity index (χ3v) is 4.57. The van der Waals surface area contributed by atoms with Crippen LogP contribution in [0.4, 0.5) is 0 Å². The van der Waals surface area contributed by atoms with Gasteiger partial charge in [0.1, 0.15) is 5.69 Å². The molecule has 1 aromatic carbocycles. The van der Waals surface area contributed by atoms with Crippen LogP contribution >= 0.6 is 11.3 Å². The maximum absolute atomic E-state index is 4.41. The summed E-state index contributed by atoms with van der Waals surface area (Å²) >= 11 is 1.65. The van der Waals surface area contributed by atoms with Crippen LogP contribution in [-0.2, 0) is 6.42 Å². The van der Waals surface area contributed by atoms with E-state index < -0.39 is 0 Å². The van der Waals surface area contributed by atoms with Crippen LogP contribution in [0.1, 0.15) is 37.7 Å². The summed E-state index contributed by atoms with van der Waals surface area (Å²) in [6.45, 7) is 4.30. The first-order valence-electron chi connectivity index (χ1n) is 7.23. The number of rotatable bonds is 5. The fourth-order valence-electron chi connectivity index (χ4n) is 2.63. The first-order valence-corrected chi connectivity index (χ1v) is 8.11. The summed E-state index contributed by atoms with van der Waals surface area (Å²) in [5.41, 5.74) is 6.17. The SMILES string of the molecule is CCc1c(C(CC)NC)nnn1-c1ccc2ncsc2c1. The Hall–Kier alpha value is -1.79. The summed E-state index contributed by atoms with van der Waals surface area (Å²) in [6, 6.07) is 6.48. The number of nitrogens with zero attached hydrogens (tertiary/aromatic N) is 4. The first kappa shape index (κ1) is 14.2. The van der Waals surface area contributed by atoms with Gasteiger partial charge in [0.15, 0.2) is 0 Å². The summed E-state index contributed by atoms with van der Waals surface area (Å²) in [4.78, 5) is 4.32. The minimum Gasteiger partial charge on any atom is -0.312 e. The van der Waals surface area contributed by atoms with Gasteiger partial charge in [-0.15, -0.1) is 16.4 Å². The third-order valence-electron chi connectivity index (χ3n) is 3.77. The molecule has 3 aromatic rings. The van der Waals surface area contributed by atoms with Crippen LogP contribution in [0.25, 0.3) is 15.9 Å². The second-order valence-electron chi connectivity index (χ2n) is 4.94. The summed E-state index contributed by atoms with van der Waals surface area (Å²) in [7, 11) is 1.97. The van der Waals surface area contributed by atoms with Crippen LogP contribution < -0.4 is 5.32 Å². The van der Waals surface area contributed by atoms with E-state index in [1.165, 1.54) is 10.4 Å². The highest BCUT2D eigenvalue weighted by atomic mass is 32.1. The third kappa shape index (κ3) is 2.45. The molecule has 0 spiro atoms. The lowest BCUT2D eigenvalue weighted by Gasteiger charge is -2.13. The zero-order chi connectivity index (χ0) is 14.8. The van der Waals surface area contributed by atoms with Gasteiger partial charge in [0.2, 0.25) is 0 Å². The molecule has 1 N–H and O–H groups in total. The maximum atomic E-state index is 4.41. The molecule has 1 atom stereocenters. The molecule has 21 heavy (non-hydrogen) atoms. The minimum absolute atomic E-state index is 0.251. The minimum atomic E-state index is 0.251. The first-order chi connectivity index (χ1) is 10.3. The van der Waals surface area contributed by atoms with Crippen molar-refractivity contribution in [2.75, 3.05) is 7.05 Å². The highest BCUT2D eigenvalue weighted by molar-refractivity contribution is 7.16. The van der Waals surface area contributed by atoms with Gasteiger partial charge in [0.05, 0.1) is 33.2 Å². The lowest BCUT2D eigenvalue weighted by Crippen LogP contribution is -2.17. The largest absolute Gasteiger partial charge is 0.312 e. The Morgan fingerprint density at radius 2 is 2.19 bits per heavy atom. The van der Waals surface area contributed by atoms with E-state index in [1.54, 1.807) is 11.3 Å². The summed E-state index contributed by atoms with van der Waals surface area (Å²) < 4.78 is 3.13. The number of aromatic nitrogens is 4. The Kier molecular flexibility index (Phi) is 3.98. The van der Waals surface area contributed by atoms with E-state index in [2.05, 4.69) is 46.6 Å². The molecule has 2 aromatic heterocycles. The Morgan fingerprint density at radius 3 is 2.90 bits per heavy atom. The summed E-state index contributed by atoms with van der Waals surface area (Å²) in [5, 5.41) is 12.1. The molecule has 110 valence electrons. The van der Waals surface area contributed by atoms with Gasteiger partial charge in [-0.25, -0.2) is 9.67 Å². The van der Waals surface area contributed by atoms with Crippen molar-refractivity contribution in [2.45, 2.75) is 32.7 Å². The molecule has 0 fully saturated rings. The summed E-state index contributed by atoms with van der Waals surface area (Å²) in [6.07, 6.45) is 1.90. The number of thiazole rings is 1. The molecule has 1 unspecified atom stereocenters. The van der Waals surface area contributed by atoms with Crippen molar-refractivity contribution in [1.29, 1.82) is 0 Å². The standard InChI is InChI=1S/C15H19N5S/c1-4-11(16-3)15-13(5-2)20(19-18-15)10-6-7-12-14(8-10)21-9-17-12/h6-9,11,16H,4-5H2,1-3H3. The molecule has 6 heteroatoms. The fraction of sp³-hybridized carbons (Fsp3) is 0.400. The number of hydrogen-bond donors (Lipinski definition) is 1. The Balaban J connectivity index is 2.09. The molecule has 0 aliphatic heterocycles. The maximum Gasteiger partial charge on any atom is 0.103 e. The molecule has 0 saturated carbocycles. The predicted molar refractivity (Wildman–Crippen MR) is 86.0 cm³/mol. The van der Waals surface area contributed by atoms with Gasteiger partial charge < -0.3 is 5.32 Å². The molecule has 5 nitrogen and oxygen atoms in total. The zero-order valence-corrected chi connectivity index (χ0v) is 13.3. The number of fused-ring (bicyclic) bond motifs is 1. The lowest BCUT2D eigenvalue weighted by atomic mass is 10.1. The van der Waals surface area contributed by atoms with Crippen molar-refractivity contribution in [3.63, 3.8) is 0 Å². The summed E-state index contributed by atoms with van der Waals surface area (Å²) in [5.74, 6) is 0. The van der Waals surface area contributed by atoms with Crippen LogP contribution in [0, 0.1) is 0 Å². The lowest BCUT2D eigenvalue weighted by molar-refractivity contribution is 0.555. The van der Waals surface area contributed by atoms with Crippen LogP contribution in [-0.4, -0.2) is 27.0 Å². The molecule has 0 saturated heterocycles. The second-order valence-corrected chi connectivity index (χ2v) is 5.83. The van der Waals surface area contributed by atoms with Crippen LogP contribution in [0.15, 0.2) is 23.7 Å². The zero-order valence-electron chi connectivity index (χ0n) is 12.5. The van der Waals surface area contributed by atoms with Gasteiger partial charge in [0, 0.05) is 0 Å². The van der Waals surface area contributed by atoms with Gasteiger partial charge >= 0.3 is 0 Å². The molecule has 0 radical (unpaired) electrons. The molecule has 0 aliphatic rings. The molecule has 0 bridgehead atoms. The van der Waals surface area contributed by atoms with Gasteiger partial charge in [0.25, 0.3) is 0 Å². The van der Waals surface area contributed by atoms with Gasteiger partial charge in [-0.3, -0.25) is 0 Å². The average molecular weight is 301 g/mol. The van der Waals surface area contributed by atoms with E-state index >= 15 is 0 Å². The van der Waals surface area contributed by atoms with Crippen molar-refractivity contribution < 1.29 is 0 Å². The van der Waals surface area contributed by atoms with Gasteiger partial charge in [-0.2, -0.15) is 0 Å². The Morgan fingerprint density at radius 1 is 1.33 bits per heavy atom. The van der Waals surface area contributed by atoms with E-state index in [0.29, 0.717) is 0 Å². The van der Waals surface area contributed by atoms with E-state index in [-0.39, 0.29) is 6.04 Å². The highest BCUT2D eigenvalue weighted by Crippen LogP contribution is 2.25. The van der Waals surface area contributed by atoms with Crippen molar-refractivity contribution >= 4 is 21.6 Å². The van der Waals surface area contributed by atoms with Crippen molar-refractivity contribution in [2.24, 2.45) is 0 Å². The number of nitrogens with one attached hydrogen (secondary N) is 1. The number of hydrogen-bond acceptors (Lipinski definition) is 5. The van der Waals surface area contributed by atoms with Gasteiger partial charge in [-0.1, -0.05) is 19.1 Å². The fourth-order valence-corrected chi connectivity index (χ4v) is 3.34. The van der Waals surface area contributed by atoms with Crippen LogP contribution in [0.3, 0.4) is 0 Å². The van der Waals surface area contributed by atoms with E-state index in [9.17, 15) is 0 Å². The second kappa shape index (κ2) is 5.91. The van der Waals surface area contributed by atoms with Crippen LogP contribution in [0.5, 0.6) is 0 Å². The van der Waals surface area contributed by atoms with Crippen molar-refractivity contribution in [3.8, 4) is 5.69 Å². The quantitative estimate of drug-likeness (QED) is 0.786. The van der Waals surface area contributed by atoms with Crippen molar-refractivity contribution in [1.82, 2.24) is 25.3 Å². The topological polar surface area (TPSA) is 55.6 Å². The van der Waals surface area contributed by atoms with E-state index in [4.69, 9.17) is 0 Å². The molecule has 3 rings (SSSR count). The predicted octanol–water partition coefficient (Wildman–Crippen LogP) is 3.11. The Labute approximate surface area is 128 Å². The normalized spacial score (nSPS) is 12.9.